The fourth-order valence-corrected chi connectivity index (χ4v) is 2.88. The average Bonchev–Trinajstić information content (AvgIpc) is 2.90. The van der Waals surface area contributed by atoms with Crippen LogP contribution in [-0.4, -0.2) is 28.6 Å². The first-order chi connectivity index (χ1) is 11.6. The van der Waals surface area contributed by atoms with Crippen LogP contribution in [-0.2, 0) is 11.3 Å². The molecule has 1 N–H and O–H groups in total. The number of imidazole rings is 1. The predicted octanol–water partition coefficient (Wildman–Crippen LogP) is 3.14. The normalized spacial score (nSPS) is 10.8. The molecule has 0 aliphatic heterocycles. The molecule has 0 bridgehead atoms. The van der Waals surface area contributed by atoms with Crippen molar-refractivity contribution in [3.8, 4) is 5.75 Å². The number of amides is 1. The molecule has 1 aromatic heterocycles. The average molecular weight is 435 g/mol. The first-order valence-corrected chi connectivity index (χ1v) is 8.78. The second-order valence-corrected chi connectivity index (χ2v) is 6.64. The number of carbonyl (C=O) groups is 1. The highest BCUT2D eigenvalue weighted by Crippen LogP contribution is 2.15. The lowest BCUT2D eigenvalue weighted by molar-refractivity contribution is -0.123. The van der Waals surface area contributed by atoms with Crippen LogP contribution < -0.4 is 10.1 Å². The Balaban J connectivity index is 1.49. The number of aryl methyl sites for hydroxylation is 1. The van der Waals surface area contributed by atoms with Gasteiger partial charge in [-0.05, 0) is 65.9 Å². The number of para-hydroxylation sites is 2. The third kappa shape index (κ3) is 4.05. The SMILES string of the molecule is Cc1nc2ccccc2n1CCNC(=O)COc1ccc(I)cc1. The Hall–Kier alpha value is -2.09. The maximum atomic E-state index is 11.9. The van der Waals surface area contributed by atoms with E-state index in [0.29, 0.717) is 18.8 Å². The molecule has 2 aromatic carbocycles. The first kappa shape index (κ1) is 16.8. The van der Waals surface area contributed by atoms with Gasteiger partial charge in [-0.3, -0.25) is 4.79 Å². The number of fused-ring (bicyclic) bond motifs is 1. The molecule has 0 spiro atoms. The van der Waals surface area contributed by atoms with Crippen molar-refractivity contribution >= 4 is 39.5 Å². The van der Waals surface area contributed by atoms with Crippen molar-refractivity contribution in [1.29, 1.82) is 0 Å². The molecule has 3 aromatic rings. The van der Waals surface area contributed by atoms with Crippen molar-refractivity contribution in [2.45, 2.75) is 13.5 Å². The number of nitrogens with zero attached hydrogens (tertiary/aromatic N) is 2. The number of rotatable bonds is 6. The molecule has 0 aliphatic carbocycles. The number of carbonyl (C=O) groups excluding carboxylic acids is 1. The third-order valence-corrected chi connectivity index (χ3v) is 4.41. The molecule has 6 heteroatoms. The first-order valence-electron chi connectivity index (χ1n) is 7.70. The highest BCUT2D eigenvalue weighted by Gasteiger charge is 2.07. The summed E-state index contributed by atoms with van der Waals surface area (Å²) in [5, 5.41) is 2.88. The van der Waals surface area contributed by atoms with Crippen molar-refractivity contribution in [3.05, 3.63) is 57.9 Å². The van der Waals surface area contributed by atoms with Crippen LogP contribution >= 0.6 is 22.6 Å². The Morgan fingerprint density at radius 1 is 1.21 bits per heavy atom. The smallest absolute Gasteiger partial charge is 0.258 e. The largest absolute Gasteiger partial charge is 0.484 e. The second-order valence-electron chi connectivity index (χ2n) is 5.39. The van der Waals surface area contributed by atoms with Crippen LogP contribution in [0.15, 0.2) is 48.5 Å². The van der Waals surface area contributed by atoms with E-state index in [-0.39, 0.29) is 12.5 Å². The molecule has 0 fully saturated rings. The molecule has 5 nitrogen and oxygen atoms in total. The number of benzene rings is 2. The summed E-state index contributed by atoms with van der Waals surface area (Å²) in [7, 11) is 0. The number of nitrogens with one attached hydrogen (secondary N) is 1. The highest BCUT2D eigenvalue weighted by atomic mass is 127. The molecular weight excluding hydrogens is 417 g/mol. The Morgan fingerprint density at radius 3 is 2.75 bits per heavy atom. The summed E-state index contributed by atoms with van der Waals surface area (Å²) >= 11 is 2.23. The lowest BCUT2D eigenvalue weighted by atomic mass is 10.3. The Labute approximate surface area is 154 Å². The van der Waals surface area contributed by atoms with E-state index in [4.69, 9.17) is 4.74 Å². The summed E-state index contributed by atoms with van der Waals surface area (Å²) in [5.74, 6) is 1.51. The van der Waals surface area contributed by atoms with E-state index in [1.807, 2.05) is 55.5 Å². The predicted molar refractivity (Wildman–Crippen MR) is 102 cm³/mol. The van der Waals surface area contributed by atoms with Gasteiger partial charge in [0.15, 0.2) is 6.61 Å². The van der Waals surface area contributed by atoms with Gasteiger partial charge in [0.05, 0.1) is 11.0 Å². The molecule has 0 saturated carbocycles. The summed E-state index contributed by atoms with van der Waals surface area (Å²) < 4.78 is 8.71. The number of ether oxygens (including phenoxy) is 1. The number of hydrogen-bond donors (Lipinski definition) is 1. The van der Waals surface area contributed by atoms with Crippen molar-refractivity contribution in [3.63, 3.8) is 0 Å². The molecule has 0 saturated heterocycles. The summed E-state index contributed by atoms with van der Waals surface area (Å²) in [6.45, 7) is 3.21. The van der Waals surface area contributed by atoms with Crippen LogP contribution in [0.25, 0.3) is 11.0 Å². The topological polar surface area (TPSA) is 56.2 Å². The standard InChI is InChI=1S/C18H18IN3O2/c1-13-21-16-4-2-3-5-17(16)22(13)11-10-20-18(23)12-24-15-8-6-14(19)7-9-15/h2-9H,10-12H2,1H3,(H,20,23). The van der Waals surface area contributed by atoms with Gasteiger partial charge in [-0.1, -0.05) is 12.1 Å². The van der Waals surface area contributed by atoms with Crippen LogP contribution in [0.2, 0.25) is 0 Å². The van der Waals surface area contributed by atoms with Crippen LogP contribution in [0.5, 0.6) is 5.75 Å². The second kappa shape index (κ2) is 7.65. The van der Waals surface area contributed by atoms with E-state index in [2.05, 4.69) is 37.5 Å². The van der Waals surface area contributed by atoms with Crippen LogP contribution in [0.1, 0.15) is 5.82 Å². The Bertz CT molecular complexity index is 843. The lowest BCUT2D eigenvalue weighted by Gasteiger charge is -2.09. The van der Waals surface area contributed by atoms with Crippen LogP contribution in [0.3, 0.4) is 0 Å². The number of aromatic nitrogens is 2. The van der Waals surface area contributed by atoms with Crippen molar-refractivity contribution in [1.82, 2.24) is 14.9 Å². The van der Waals surface area contributed by atoms with Crippen molar-refractivity contribution in [2.75, 3.05) is 13.2 Å². The zero-order valence-electron chi connectivity index (χ0n) is 13.3. The molecule has 0 unspecified atom stereocenters. The zero-order valence-corrected chi connectivity index (χ0v) is 15.5. The van der Waals surface area contributed by atoms with E-state index in [1.165, 1.54) is 0 Å². The van der Waals surface area contributed by atoms with E-state index in [0.717, 1.165) is 20.4 Å². The monoisotopic (exact) mass is 435 g/mol. The molecule has 1 heterocycles. The Morgan fingerprint density at radius 2 is 1.96 bits per heavy atom. The van der Waals surface area contributed by atoms with Gasteiger partial charge in [-0.2, -0.15) is 0 Å². The van der Waals surface area contributed by atoms with Crippen LogP contribution in [0, 0.1) is 10.5 Å². The van der Waals surface area contributed by atoms with Gasteiger partial charge < -0.3 is 14.6 Å². The van der Waals surface area contributed by atoms with Gasteiger partial charge in [0.1, 0.15) is 11.6 Å². The minimum Gasteiger partial charge on any atom is -0.484 e. The van der Waals surface area contributed by atoms with E-state index < -0.39 is 0 Å². The fraction of sp³-hybridized carbons (Fsp3) is 0.222. The number of hydrogen-bond acceptors (Lipinski definition) is 3. The lowest BCUT2D eigenvalue weighted by Crippen LogP contribution is -2.31. The van der Waals surface area contributed by atoms with Crippen molar-refractivity contribution in [2.24, 2.45) is 0 Å². The minimum atomic E-state index is -0.129. The summed E-state index contributed by atoms with van der Waals surface area (Å²) in [6, 6.07) is 15.6. The molecule has 1 amide bonds. The molecule has 24 heavy (non-hydrogen) atoms. The fourth-order valence-electron chi connectivity index (χ4n) is 2.52. The van der Waals surface area contributed by atoms with Gasteiger partial charge in [-0.15, -0.1) is 0 Å². The Kier molecular flexibility index (Phi) is 5.34. The zero-order chi connectivity index (χ0) is 16.9. The van der Waals surface area contributed by atoms with Gasteiger partial charge in [0.2, 0.25) is 0 Å². The van der Waals surface area contributed by atoms with Gasteiger partial charge in [0, 0.05) is 16.7 Å². The van der Waals surface area contributed by atoms with E-state index in [1.54, 1.807) is 0 Å². The quantitative estimate of drug-likeness (QED) is 0.606. The molecule has 0 aliphatic rings. The summed E-state index contributed by atoms with van der Waals surface area (Å²) in [5.41, 5.74) is 2.06. The molecule has 124 valence electrons. The molecule has 3 rings (SSSR count). The maximum Gasteiger partial charge on any atom is 0.258 e. The van der Waals surface area contributed by atoms with Gasteiger partial charge in [0.25, 0.3) is 5.91 Å². The highest BCUT2D eigenvalue weighted by molar-refractivity contribution is 14.1. The summed E-state index contributed by atoms with van der Waals surface area (Å²) in [4.78, 5) is 16.4. The summed E-state index contributed by atoms with van der Waals surface area (Å²) in [6.07, 6.45) is 0. The van der Waals surface area contributed by atoms with Crippen LogP contribution in [0.4, 0.5) is 0 Å². The van der Waals surface area contributed by atoms with E-state index in [9.17, 15) is 4.79 Å². The molecule has 0 atom stereocenters. The van der Waals surface area contributed by atoms with Crippen molar-refractivity contribution < 1.29 is 9.53 Å². The molecule has 0 radical (unpaired) electrons. The van der Waals surface area contributed by atoms with Gasteiger partial charge >= 0.3 is 0 Å². The van der Waals surface area contributed by atoms with E-state index >= 15 is 0 Å². The molecular formula is C18H18IN3O2. The number of halogens is 1. The maximum absolute atomic E-state index is 11.9. The van der Waals surface area contributed by atoms with Gasteiger partial charge in [-0.25, -0.2) is 4.98 Å². The third-order valence-electron chi connectivity index (χ3n) is 3.69. The minimum absolute atomic E-state index is 0.0181.